The molecule has 1 aliphatic rings. The fourth-order valence-electron chi connectivity index (χ4n) is 2.61. The minimum absolute atomic E-state index is 0.626. The first kappa shape index (κ1) is 13.1. The van der Waals surface area contributed by atoms with Gasteiger partial charge in [-0.3, -0.25) is 0 Å². The second-order valence-corrected chi connectivity index (χ2v) is 5.27. The second-order valence-electron chi connectivity index (χ2n) is 5.27. The van der Waals surface area contributed by atoms with E-state index in [2.05, 4.69) is 36.2 Å². The Bertz CT molecular complexity index is 431. The van der Waals surface area contributed by atoms with Crippen LogP contribution in [0, 0.1) is 11.3 Å². The maximum absolute atomic E-state index is 8.56. The zero-order valence-electron chi connectivity index (χ0n) is 11.3. The molecule has 0 heterocycles. The number of aryl methyl sites for hydroxylation is 2. The minimum Gasteiger partial charge on any atom is -0.305 e. The molecule has 1 aromatic carbocycles. The Hall–Kier alpha value is -1.33. The Morgan fingerprint density at radius 3 is 2.72 bits per heavy atom. The molecule has 18 heavy (non-hydrogen) atoms. The number of hydrogen-bond donors (Lipinski definition) is 0. The maximum Gasteiger partial charge on any atom is 0.0635 e. The Morgan fingerprint density at radius 1 is 1.17 bits per heavy atom. The van der Waals surface area contributed by atoms with Gasteiger partial charge in [-0.25, -0.2) is 0 Å². The molecule has 0 saturated carbocycles. The van der Waals surface area contributed by atoms with Crippen molar-refractivity contribution in [1.29, 1.82) is 5.26 Å². The summed E-state index contributed by atoms with van der Waals surface area (Å²) in [5.41, 5.74) is 4.57. The summed E-state index contributed by atoms with van der Waals surface area (Å²) in [4.78, 5) is 2.24. The maximum atomic E-state index is 8.56. The Morgan fingerprint density at radius 2 is 1.94 bits per heavy atom. The molecule has 0 saturated heterocycles. The van der Waals surface area contributed by atoms with E-state index >= 15 is 0 Å². The van der Waals surface area contributed by atoms with Gasteiger partial charge >= 0.3 is 0 Å². The monoisotopic (exact) mass is 242 g/mol. The molecule has 2 heteroatoms. The summed E-state index contributed by atoms with van der Waals surface area (Å²) in [6.07, 6.45) is 6.93. The summed E-state index contributed by atoms with van der Waals surface area (Å²) < 4.78 is 0. The molecule has 0 aliphatic heterocycles. The number of benzene rings is 1. The SMILES string of the molecule is CN(CCC#N)CCc1ccc2c(c1)CCCC2. The first-order valence-corrected chi connectivity index (χ1v) is 6.96. The van der Waals surface area contributed by atoms with E-state index in [-0.39, 0.29) is 0 Å². The molecular formula is C16H22N2. The van der Waals surface area contributed by atoms with E-state index in [9.17, 15) is 0 Å². The van der Waals surface area contributed by atoms with E-state index in [0.29, 0.717) is 6.42 Å². The lowest BCUT2D eigenvalue weighted by molar-refractivity contribution is 0.346. The average molecular weight is 242 g/mol. The Kier molecular flexibility index (Phi) is 4.78. The number of rotatable bonds is 5. The molecule has 0 radical (unpaired) electrons. The number of fused-ring (bicyclic) bond motifs is 1. The zero-order chi connectivity index (χ0) is 12.8. The van der Waals surface area contributed by atoms with Crippen molar-refractivity contribution >= 4 is 0 Å². The average Bonchev–Trinajstić information content (AvgIpc) is 2.42. The summed E-state index contributed by atoms with van der Waals surface area (Å²) in [5.74, 6) is 0. The van der Waals surface area contributed by atoms with Crippen molar-refractivity contribution in [3.63, 3.8) is 0 Å². The molecule has 0 amide bonds. The van der Waals surface area contributed by atoms with Crippen LogP contribution >= 0.6 is 0 Å². The van der Waals surface area contributed by atoms with Gasteiger partial charge in [0.05, 0.1) is 6.07 Å². The van der Waals surface area contributed by atoms with Gasteiger partial charge in [0.15, 0.2) is 0 Å². The molecule has 2 rings (SSSR count). The van der Waals surface area contributed by atoms with E-state index in [1.54, 1.807) is 11.1 Å². The van der Waals surface area contributed by atoms with Crippen molar-refractivity contribution in [3.8, 4) is 6.07 Å². The third-order valence-corrected chi connectivity index (χ3v) is 3.80. The quantitative estimate of drug-likeness (QED) is 0.793. The van der Waals surface area contributed by atoms with Crippen molar-refractivity contribution < 1.29 is 0 Å². The number of likely N-dealkylation sites (N-methyl/N-ethyl adjacent to an activating group) is 1. The summed E-state index contributed by atoms with van der Waals surface area (Å²) in [5, 5.41) is 8.56. The van der Waals surface area contributed by atoms with Gasteiger partial charge in [-0.15, -0.1) is 0 Å². The van der Waals surface area contributed by atoms with E-state index in [1.165, 1.54) is 31.2 Å². The number of nitrogens with zero attached hydrogens (tertiary/aromatic N) is 2. The lowest BCUT2D eigenvalue weighted by atomic mass is 9.90. The van der Waals surface area contributed by atoms with Gasteiger partial charge in [0.2, 0.25) is 0 Å². The van der Waals surface area contributed by atoms with Gasteiger partial charge in [-0.05, 0) is 55.8 Å². The predicted molar refractivity (Wildman–Crippen MR) is 74.5 cm³/mol. The van der Waals surface area contributed by atoms with Crippen LogP contribution < -0.4 is 0 Å². The molecule has 0 unspecified atom stereocenters. The van der Waals surface area contributed by atoms with E-state index in [1.807, 2.05) is 0 Å². The van der Waals surface area contributed by atoms with Gasteiger partial charge in [-0.2, -0.15) is 5.26 Å². The second kappa shape index (κ2) is 6.56. The summed E-state index contributed by atoms with van der Waals surface area (Å²) in [7, 11) is 2.09. The first-order chi connectivity index (χ1) is 8.79. The summed E-state index contributed by atoms with van der Waals surface area (Å²) in [6.45, 7) is 1.92. The molecule has 1 aliphatic carbocycles. The highest BCUT2D eigenvalue weighted by molar-refractivity contribution is 5.33. The van der Waals surface area contributed by atoms with Crippen LogP contribution in [0.4, 0.5) is 0 Å². The van der Waals surface area contributed by atoms with Crippen LogP contribution in [0.15, 0.2) is 18.2 Å². The standard InChI is InChI=1S/C16H22N2/c1-18(11-4-10-17)12-9-14-7-8-15-5-2-3-6-16(15)13-14/h7-8,13H,2-6,9,11-12H2,1H3. The summed E-state index contributed by atoms with van der Waals surface area (Å²) >= 11 is 0. The molecule has 0 atom stereocenters. The third kappa shape index (κ3) is 3.58. The highest BCUT2D eigenvalue weighted by Crippen LogP contribution is 2.22. The normalized spacial score (nSPS) is 14.3. The Labute approximate surface area is 110 Å². The number of hydrogen-bond acceptors (Lipinski definition) is 2. The van der Waals surface area contributed by atoms with Crippen LogP contribution in [0.3, 0.4) is 0 Å². The highest BCUT2D eigenvalue weighted by Gasteiger charge is 2.09. The smallest absolute Gasteiger partial charge is 0.0635 e. The lowest BCUT2D eigenvalue weighted by Crippen LogP contribution is -2.22. The molecule has 0 N–H and O–H groups in total. The van der Waals surface area contributed by atoms with E-state index in [0.717, 1.165) is 19.5 Å². The first-order valence-electron chi connectivity index (χ1n) is 6.96. The molecular weight excluding hydrogens is 220 g/mol. The van der Waals surface area contributed by atoms with Gasteiger partial charge in [0, 0.05) is 19.5 Å². The van der Waals surface area contributed by atoms with Crippen LogP contribution in [0.1, 0.15) is 36.0 Å². The van der Waals surface area contributed by atoms with Gasteiger partial charge in [-0.1, -0.05) is 18.2 Å². The largest absolute Gasteiger partial charge is 0.305 e. The van der Waals surface area contributed by atoms with Gasteiger partial charge < -0.3 is 4.90 Å². The lowest BCUT2D eigenvalue weighted by Gasteiger charge is -2.18. The molecule has 0 spiro atoms. The van der Waals surface area contributed by atoms with Crippen molar-refractivity contribution in [2.24, 2.45) is 0 Å². The molecule has 96 valence electrons. The molecule has 0 bridgehead atoms. The molecule has 0 fully saturated rings. The predicted octanol–water partition coefficient (Wildman–Crippen LogP) is 2.95. The molecule has 0 aromatic heterocycles. The fraction of sp³-hybridized carbons (Fsp3) is 0.562. The zero-order valence-corrected chi connectivity index (χ0v) is 11.3. The minimum atomic E-state index is 0.626. The van der Waals surface area contributed by atoms with Crippen LogP contribution in [0.5, 0.6) is 0 Å². The van der Waals surface area contributed by atoms with Crippen molar-refractivity contribution in [1.82, 2.24) is 4.90 Å². The van der Waals surface area contributed by atoms with Crippen LogP contribution in [0.2, 0.25) is 0 Å². The van der Waals surface area contributed by atoms with E-state index < -0.39 is 0 Å². The van der Waals surface area contributed by atoms with E-state index in [4.69, 9.17) is 5.26 Å². The Balaban J connectivity index is 1.88. The summed E-state index contributed by atoms with van der Waals surface area (Å²) in [6, 6.07) is 9.19. The fourth-order valence-corrected chi connectivity index (χ4v) is 2.61. The third-order valence-electron chi connectivity index (χ3n) is 3.80. The van der Waals surface area contributed by atoms with Crippen LogP contribution in [-0.4, -0.2) is 25.0 Å². The van der Waals surface area contributed by atoms with Gasteiger partial charge in [0.25, 0.3) is 0 Å². The van der Waals surface area contributed by atoms with Gasteiger partial charge in [0.1, 0.15) is 0 Å². The topological polar surface area (TPSA) is 27.0 Å². The van der Waals surface area contributed by atoms with Crippen molar-refractivity contribution in [3.05, 3.63) is 34.9 Å². The highest BCUT2D eigenvalue weighted by atomic mass is 15.1. The van der Waals surface area contributed by atoms with Crippen LogP contribution in [-0.2, 0) is 19.3 Å². The number of nitriles is 1. The molecule has 1 aromatic rings. The van der Waals surface area contributed by atoms with Crippen molar-refractivity contribution in [2.45, 2.75) is 38.5 Å². The molecule has 2 nitrogen and oxygen atoms in total. The van der Waals surface area contributed by atoms with Crippen LogP contribution in [0.25, 0.3) is 0 Å². The van der Waals surface area contributed by atoms with Crippen molar-refractivity contribution in [2.75, 3.05) is 20.1 Å².